The highest BCUT2D eigenvalue weighted by Gasteiger charge is 2.79. The van der Waals surface area contributed by atoms with Crippen molar-refractivity contribution in [3.05, 3.63) is 0 Å². The third-order valence-corrected chi connectivity index (χ3v) is 13.9. The molecule has 158 valence electrons. The summed E-state index contributed by atoms with van der Waals surface area (Å²) in [5.74, 6) is 0. The predicted octanol–water partition coefficient (Wildman–Crippen LogP) is 9.00. The molecule has 0 radical (unpaired) electrons. The van der Waals surface area contributed by atoms with Gasteiger partial charge in [-0.25, -0.2) is 0 Å². The van der Waals surface area contributed by atoms with Crippen molar-refractivity contribution < 1.29 is 5.11 Å². The molecule has 0 saturated heterocycles. The van der Waals surface area contributed by atoms with Gasteiger partial charge in [0.15, 0.2) is 30.3 Å². The summed E-state index contributed by atoms with van der Waals surface area (Å²) in [6.07, 6.45) is 0. The van der Waals surface area contributed by atoms with Crippen LogP contribution < -0.4 is 0 Å². The van der Waals surface area contributed by atoms with Gasteiger partial charge in [0, 0.05) is 0 Å². The maximum absolute atomic E-state index is 9.29. The Labute approximate surface area is 229 Å². The van der Waals surface area contributed by atoms with E-state index in [2.05, 4.69) is 0 Å². The third-order valence-electron chi connectivity index (χ3n) is 2.93. The topological polar surface area (TPSA) is 20.2 Å². The molecule has 1 N–H and O–H groups in total. The summed E-state index contributed by atoms with van der Waals surface area (Å²) in [4.78, 5) is -1.67. The average molecular weight is 695 g/mol. The van der Waals surface area contributed by atoms with Gasteiger partial charge in [0.1, 0.15) is 4.84 Å². The van der Waals surface area contributed by atoms with E-state index in [0.717, 1.165) is 0 Å². The van der Waals surface area contributed by atoms with E-state index in [1.807, 2.05) is 0 Å². The summed E-state index contributed by atoms with van der Waals surface area (Å²) in [5.41, 5.74) is 0. The van der Waals surface area contributed by atoms with Gasteiger partial charge >= 0.3 is 0 Å². The summed E-state index contributed by atoms with van der Waals surface area (Å²) < 4.78 is -19.1. The lowest BCUT2D eigenvalue weighted by molar-refractivity contribution is 0.262. The van der Waals surface area contributed by atoms with Crippen LogP contribution in [0.5, 0.6) is 0 Å². The van der Waals surface area contributed by atoms with Crippen molar-refractivity contribution in [2.75, 3.05) is 6.61 Å². The lowest BCUT2D eigenvalue weighted by atomic mass is 10.0. The number of hydrogen-bond acceptors (Lipinski definition) is 1. The second-order valence-corrected chi connectivity index (χ2v) is 15.3. The van der Waals surface area contributed by atoms with Gasteiger partial charge in [-0.2, -0.15) is 0 Å². The Hall–Kier alpha value is 4.60. The first kappa shape index (κ1) is 30.6. The predicted molar refractivity (Wildman–Crippen MR) is 124 cm³/mol. The Balaban J connectivity index is 6.54. The van der Waals surface area contributed by atoms with Crippen LogP contribution >= 0.6 is 186 Å². The van der Waals surface area contributed by atoms with Crippen LogP contribution in [0.25, 0.3) is 0 Å². The zero-order chi connectivity index (χ0) is 21.8. The molecule has 0 bridgehead atoms. The highest BCUT2D eigenvalue weighted by molar-refractivity contribution is 6.80. The van der Waals surface area contributed by atoms with Gasteiger partial charge in [0.2, 0.25) is 0 Å². The normalized spacial score (nSPS) is 16.4. The molecule has 0 aromatic carbocycles. The number of alkyl halides is 16. The van der Waals surface area contributed by atoms with Crippen molar-refractivity contribution >= 4 is 186 Å². The standard InChI is InChI=1S/C9H4Cl16O/c10-2(11)4(14,15)6(18,19)8(22,23)9(24,25)7(20,21)5(16,17)3(12,13)1-26/h2,26H,1H2. The van der Waals surface area contributed by atoms with Gasteiger partial charge in [0.05, 0.1) is 6.61 Å². The summed E-state index contributed by atoms with van der Waals surface area (Å²) in [6.45, 7) is -1.06. The molecule has 17 heteroatoms. The van der Waals surface area contributed by atoms with E-state index in [0.29, 0.717) is 0 Å². The number of hydrogen-bond donors (Lipinski definition) is 1. The molecule has 26 heavy (non-hydrogen) atoms. The Morgan fingerprint density at radius 1 is 0.500 bits per heavy atom. The number of halogens is 16. The van der Waals surface area contributed by atoms with E-state index in [-0.39, 0.29) is 0 Å². The highest BCUT2D eigenvalue weighted by atomic mass is 35.6. The molecule has 0 aliphatic heterocycles. The van der Waals surface area contributed by atoms with E-state index in [1.165, 1.54) is 0 Å². The van der Waals surface area contributed by atoms with E-state index in [9.17, 15) is 5.11 Å². The Morgan fingerprint density at radius 2 is 0.769 bits per heavy atom. The van der Waals surface area contributed by atoms with Crippen LogP contribution in [0, 0.1) is 0 Å². The van der Waals surface area contributed by atoms with Crippen LogP contribution in [0.4, 0.5) is 0 Å². The van der Waals surface area contributed by atoms with Gasteiger partial charge in [-0.3, -0.25) is 0 Å². The van der Waals surface area contributed by atoms with Gasteiger partial charge in [0.25, 0.3) is 0 Å². The molecular formula is C9H4Cl16O. The maximum Gasteiger partial charge on any atom is 0.189 e. The first-order chi connectivity index (χ1) is 11.0. The Bertz CT molecular complexity index is 508. The fourth-order valence-electron chi connectivity index (χ4n) is 1.27. The molecule has 0 atom stereocenters. The van der Waals surface area contributed by atoms with Crippen LogP contribution in [-0.4, -0.2) is 46.9 Å². The third kappa shape index (κ3) is 4.77. The number of rotatable bonds is 8. The summed E-state index contributed by atoms with van der Waals surface area (Å²) >= 11 is 95.9. The fraction of sp³-hybridized carbons (Fsp3) is 1.00. The average Bonchev–Trinajstić information content (AvgIpc) is 2.45. The molecule has 0 aromatic rings. The molecule has 0 spiro atoms. The van der Waals surface area contributed by atoms with Crippen LogP contribution in [0.1, 0.15) is 0 Å². The fourth-order valence-corrected chi connectivity index (χ4v) is 6.01. The molecule has 0 aromatic heterocycles. The second kappa shape index (κ2) is 9.46. The van der Waals surface area contributed by atoms with Crippen LogP contribution in [-0.2, 0) is 0 Å². The minimum Gasteiger partial charge on any atom is -0.393 e. The minimum atomic E-state index is -2.93. The van der Waals surface area contributed by atoms with Crippen molar-refractivity contribution in [1.29, 1.82) is 0 Å². The van der Waals surface area contributed by atoms with Gasteiger partial charge in [-0.1, -0.05) is 162 Å². The minimum absolute atomic E-state index is 1.06. The SMILES string of the molecule is OCC(Cl)(Cl)C(Cl)(Cl)C(Cl)(Cl)C(Cl)(Cl)C(Cl)(Cl)C(Cl)(Cl)C(Cl)(Cl)C(Cl)Cl. The van der Waals surface area contributed by atoms with E-state index in [1.54, 1.807) is 0 Å². The first-order valence-electron chi connectivity index (χ1n) is 5.54. The summed E-state index contributed by atoms with van der Waals surface area (Å²) in [6, 6.07) is 0. The maximum atomic E-state index is 9.29. The van der Waals surface area contributed by atoms with Crippen molar-refractivity contribution in [3.63, 3.8) is 0 Å². The Morgan fingerprint density at radius 3 is 1.04 bits per heavy atom. The van der Waals surface area contributed by atoms with Crippen molar-refractivity contribution in [3.8, 4) is 0 Å². The summed E-state index contributed by atoms with van der Waals surface area (Å²) in [5, 5.41) is 9.29. The molecule has 0 fully saturated rings. The highest BCUT2D eigenvalue weighted by Crippen LogP contribution is 2.71. The van der Waals surface area contributed by atoms with Gasteiger partial charge in [-0.05, 0) is 0 Å². The molecule has 0 rings (SSSR count). The molecule has 0 heterocycles. The van der Waals surface area contributed by atoms with Crippen molar-refractivity contribution in [1.82, 2.24) is 0 Å². The van der Waals surface area contributed by atoms with Crippen LogP contribution in [0.2, 0.25) is 0 Å². The molecule has 0 aliphatic carbocycles. The van der Waals surface area contributed by atoms with E-state index < -0.39 is 41.8 Å². The zero-order valence-corrected chi connectivity index (χ0v) is 23.4. The molecule has 1 nitrogen and oxygen atoms in total. The van der Waals surface area contributed by atoms with Crippen LogP contribution in [0.3, 0.4) is 0 Å². The lowest BCUT2D eigenvalue weighted by Gasteiger charge is -2.53. The van der Waals surface area contributed by atoms with Gasteiger partial charge < -0.3 is 5.11 Å². The zero-order valence-electron chi connectivity index (χ0n) is 11.3. The van der Waals surface area contributed by atoms with Crippen molar-refractivity contribution in [2.24, 2.45) is 0 Å². The van der Waals surface area contributed by atoms with Crippen molar-refractivity contribution in [2.45, 2.75) is 35.2 Å². The molecule has 0 aliphatic rings. The molecular weight excluding hydrogens is 691 g/mol. The molecule has 0 saturated carbocycles. The quantitative estimate of drug-likeness (QED) is 0.252. The smallest absolute Gasteiger partial charge is 0.189 e. The molecule has 0 amide bonds. The lowest BCUT2D eigenvalue weighted by Crippen LogP contribution is -2.69. The number of aliphatic hydroxyl groups is 1. The monoisotopic (exact) mass is 688 g/mol. The second-order valence-electron chi connectivity index (χ2n) is 4.66. The van der Waals surface area contributed by atoms with E-state index >= 15 is 0 Å². The number of aliphatic hydroxyl groups excluding tert-OH is 1. The first-order valence-corrected chi connectivity index (χ1v) is 11.7. The van der Waals surface area contributed by atoms with E-state index in [4.69, 9.17) is 186 Å². The molecule has 0 unspecified atom stereocenters. The largest absolute Gasteiger partial charge is 0.393 e. The Kier molecular flexibility index (Phi) is 11.1. The van der Waals surface area contributed by atoms with Crippen LogP contribution in [0.15, 0.2) is 0 Å². The summed E-state index contributed by atoms with van der Waals surface area (Å²) in [7, 11) is 0. The van der Waals surface area contributed by atoms with Gasteiger partial charge in [-0.15, -0.1) is 23.2 Å².